The normalized spacial score (nSPS) is 19.9. The molecule has 4 rings (SSSR count). The van der Waals surface area contributed by atoms with E-state index in [1.54, 1.807) is 0 Å². The molecule has 0 spiro atoms. The summed E-state index contributed by atoms with van der Waals surface area (Å²) < 4.78 is 40.7. The maximum atomic E-state index is 12.3. The average Bonchev–Trinajstić information content (AvgIpc) is 3.11. The number of hydrogen-bond acceptors (Lipinski definition) is 4. The molecule has 0 bridgehead atoms. The average molecular weight is 491 g/mol. The molecule has 0 radical (unpaired) electrons. The van der Waals surface area contributed by atoms with E-state index in [1.807, 2.05) is 23.0 Å². The van der Waals surface area contributed by atoms with Crippen LogP contribution in [0, 0.1) is 0 Å². The summed E-state index contributed by atoms with van der Waals surface area (Å²) in [4.78, 5) is 0. The molecule has 2 aromatic rings. The monoisotopic (exact) mass is 490 g/mol. The summed E-state index contributed by atoms with van der Waals surface area (Å²) in [5, 5.41) is 9.02. The van der Waals surface area contributed by atoms with Crippen LogP contribution in [0.3, 0.4) is 0 Å². The molecule has 0 amide bonds. The highest BCUT2D eigenvalue weighted by Gasteiger charge is 2.48. The Labute approximate surface area is 194 Å². The van der Waals surface area contributed by atoms with Gasteiger partial charge in [0.1, 0.15) is 0 Å². The van der Waals surface area contributed by atoms with Crippen molar-refractivity contribution < 1.29 is 12.8 Å². The van der Waals surface area contributed by atoms with Gasteiger partial charge in [-0.15, -0.1) is 12.4 Å². The molecule has 6 nitrogen and oxygen atoms in total. The predicted octanol–water partition coefficient (Wildman–Crippen LogP) is 3.55. The summed E-state index contributed by atoms with van der Waals surface area (Å²) in [7, 11) is -3.46. The van der Waals surface area contributed by atoms with E-state index in [1.165, 1.54) is 17.5 Å². The van der Waals surface area contributed by atoms with Crippen LogP contribution in [-0.2, 0) is 28.4 Å². The van der Waals surface area contributed by atoms with Crippen molar-refractivity contribution in [1.29, 1.82) is 0 Å². The van der Waals surface area contributed by atoms with Gasteiger partial charge in [0.05, 0.1) is 36.9 Å². The fraction of sp³-hybridized carbons (Fsp3) is 0.571. The van der Waals surface area contributed by atoms with Crippen molar-refractivity contribution in [3.05, 3.63) is 52.3 Å². The number of nitrogens with one attached hydrogen (secondary N) is 2. The molecule has 2 aliphatic rings. The van der Waals surface area contributed by atoms with Gasteiger partial charge in [-0.1, -0.05) is 30.2 Å². The third-order valence-electron chi connectivity index (χ3n) is 6.39. The van der Waals surface area contributed by atoms with Crippen LogP contribution in [0.15, 0.2) is 30.5 Å². The van der Waals surface area contributed by atoms with Crippen LogP contribution in [0.25, 0.3) is 0 Å². The number of fused-ring (bicyclic) bond motifs is 1. The highest BCUT2D eigenvalue weighted by atomic mass is 35.5. The van der Waals surface area contributed by atoms with Gasteiger partial charge in [0.25, 0.3) is 0 Å². The van der Waals surface area contributed by atoms with Gasteiger partial charge < -0.3 is 5.32 Å². The Morgan fingerprint density at radius 3 is 2.68 bits per heavy atom. The van der Waals surface area contributed by atoms with Crippen LogP contribution in [0.4, 0.5) is 4.39 Å². The maximum Gasteiger partial charge on any atom is 0.211 e. The summed E-state index contributed by atoms with van der Waals surface area (Å²) in [6.07, 6.45) is 6.19. The number of benzene rings is 1. The summed E-state index contributed by atoms with van der Waals surface area (Å²) in [5.41, 5.74) is 3.65. The van der Waals surface area contributed by atoms with Gasteiger partial charge in [-0.05, 0) is 55.5 Å². The molecule has 1 atom stereocenters. The van der Waals surface area contributed by atoms with E-state index in [-0.39, 0.29) is 42.6 Å². The van der Waals surface area contributed by atoms with Crippen LogP contribution < -0.4 is 10.0 Å². The molecule has 31 heavy (non-hydrogen) atoms. The van der Waals surface area contributed by atoms with Crippen molar-refractivity contribution in [1.82, 2.24) is 19.8 Å². The van der Waals surface area contributed by atoms with E-state index < -0.39 is 16.7 Å². The summed E-state index contributed by atoms with van der Waals surface area (Å²) in [6.45, 7) is 0.949. The van der Waals surface area contributed by atoms with Gasteiger partial charge in [-0.25, -0.2) is 13.1 Å². The number of halogens is 3. The Bertz CT molecular complexity index is 978. The molecule has 1 fully saturated rings. The molecule has 1 aromatic carbocycles. The number of alkyl halides is 1. The summed E-state index contributed by atoms with van der Waals surface area (Å²) in [5.74, 6) is -0.190. The van der Waals surface area contributed by atoms with Gasteiger partial charge in [0.2, 0.25) is 10.0 Å². The van der Waals surface area contributed by atoms with Gasteiger partial charge in [-0.2, -0.15) is 5.10 Å². The Morgan fingerprint density at radius 2 is 2.03 bits per heavy atom. The van der Waals surface area contributed by atoms with E-state index in [0.717, 1.165) is 36.5 Å². The lowest BCUT2D eigenvalue weighted by molar-refractivity contribution is 0.157. The summed E-state index contributed by atoms with van der Waals surface area (Å²) in [6, 6.07) is 8.27. The van der Waals surface area contributed by atoms with Crippen molar-refractivity contribution in [3.63, 3.8) is 0 Å². The first-order valence-corrected chi connectivity index (χ1v) is 12.6. The fourth-order valence-corrected chi connectivity index (χ4v) is 5.91. The second kappa shape index (κ2) is 10.2. The van der Waals surface area contributed by atoms with Crippen LogP contribution >= 0.6 is 24.0 Å². The summed E-state index contributed by atoms with van der Waals surface area (Å²) >= 11 is 6.12. The molecule has 172 valence electrons. The zero-order valence-corrected chi connectivity index (χ0v) is 19.7. The third-order valence-corrected chi connectivity index (χ3v) is 8.11. The molecule has 1 aliphatic heterocycles. The molecular formula is C21H29Cl2FN4O2S. The first kappa shape index (κ1) is 24.5. The van der Waals surface area contributed by atoms with Gasteiger partial charge in [0.15, 0.2) is 0 Å². The quantitative estimate of drug-likeness (QED) is 0.563. The molecule has 1 unspecified atom stereocenters. The second-order valence-corrected chi connectivity index (χ2v) is 10.6. The maximum absolute atomic E-state index is 12.3. The highest BCUT2D eigenvalue weighted by molar-refractivity contribution is 7.89. The number of nitrogens with zero attached hydrogens (tertiary/aromatic N) is 2. The highest BCUT2D eigenvalue weighted by Crippen LogP contribution is 2.53. The topological polar surface area (TPSA) is 76.0 Å². The minimum Gasteiger partial charge on any atom is -0.308 e. The number of hydrogen-bond donors (Lipinski definition) is 2. The van der Waals surface area contributed by atoms with Crippen LogP contribution in [0.2, 0.25) is 5.02 Å². The molecule has 2 heterocycles. The van der Waals surface area contributed by atoms with E-state index >= 15 is 0 Å². The fourth-order valence-electron chi connectivity index (χ4n) is 4.75. The first-order valence-electron chi connectivity index (χ1n) is 10.5. The largest absolute Gasteiger partial charge is 0.308 e. The molecule has 2 N–H and O–H groups in total. The van der Waals surface area contributed by atoms with Crippen molar-refractivity contribution in [2.45, 2.75) is 50.1 Å². The van der Waals surface area contributed by atoms with E-state index in [2.05, 4.69) is 27.3 Å². The molecule has 1 aromatic heterocycles. The Morgan fingerprint density at radius 1 is 1.29 bits per heavy atom. The standard InChI is InChI=1S/C21H28ClFN4O2S.ClH/c22-18-5-3-17(4-6-18)21(8-1-9-21)20-19-16(7-11-24-20)15-25-27(19)13-12-26-30(28,29)14-2-10-23;/h3-6,15,20,24,26H,1-2,7-14H2;1H. The zero-order valence-electron chi connectivity index (χ0n) is 17.3. The zero-order chi connectivity index (χ0) is 21.2. The minimum atomic E-state index is -3.46. The Balaban J connectivity index is 0.00000272. The second-order valence-electron chi connectivity index (χ2n) is 8.19. The van der Waals surface area contributed by atoms with E-state index in [4.69, 9.17) is 11.6 Å². The number of rotatable bonds is 9. The van der Waals surface area contributed by atoms with Crippen molar-refractivity contribution >= 4 is 34.0 Å². The molecule has 1 aliphatic carbocycles. The molecule has 1 saturated carbocycles. The van der Waals surface area contributed by atoms with Crippen LogP contribution in [0.1, 0.15) is 48.5 Å². The van der Waals surface area contributed by atoms with Gasteiger partial charge in [-0.3, -0.25) is 9.07 Å². The van der Waals surface area contributed by atoms with Crippen LogP contribution in [-0.4, -0.2) is 43.7 Å². The van der Waals surface area contributed by atoms with Crippen LogP contribution in [0.5, 0.6) is 0 Å². The third kappa shape index (κ3) is 5.09. The van der Waals surface area contributed by atoms with Crippen molar-refractivity contribution in [2.24, 2.45) is 0 Å². The minimum absolute atomic E-state index is 0. The predicted molar refractivity (Wildman–Crippen MR) is 123 cm³/mol. The lowest BCUT2D eigenvalue weighted by Crippen LogP contribution is -2.50. The lowest BCUT2D eigenvalue weighted by Gasteiger charge is -2.50. The molecule has 10 heteroatoms. The van der Waals surface area contributed by atoms with Gasteiger partial charge in [0, 0.05) is 17.0 Å². The Kier molecular flexibility index (Phi) is 8.02. The number of sulfonamides is 1. The van der Waals surface area contributed by atoms with Crippen molar-refractivity contribution in [3.8, 4) is 0 Å². The van der Waals surface area contributed by atoms with Crippen molar-refractivity contribution in [2.75, 3.05) is 25.5 Å². The van der Waals surface area contributed by atoms with E-state index in [9.17, 15) is 12.8 Å². The molecular weight excluding hydrogens is 462 g/mol. The van der Waals surface area contributed by atoms with Gasteiger partial charge >= 0.3 is 0 Å². The SMILES string of the molecule is Cl.O=S(=O)(CCCF)NCCn1ncc2c1C(C1(c3ccc(Cl)cc3)CCC1)NCC2. The molecule has 0 saturated heterocycles. The van der Waals surface area contributed by atoms with E-state index in [0.29, 0.717) is 6.54 Å². The smallest absolute Gasteiger partial charge is 0.211 e. The lowest BCUT2D eigenvalue weighted by atomic mass is 9.58. The first-order chi connectivity index (χ1) is 14.5. The Hall–Kier alpha value is -1.19. The number of aromatic nitrogens is 2.